The SMILES string of the molecule is CCNC(=S)NNC(=O)CCn1nc(C)c(Br)c1C. The summed E-state index contributed by atoms with van der Waals surface area (Å²) >= 11 is 8.38. The van der Waals surface area contributed by atoms with Crippen LogP contribution in [0.4, 0.5) is 0 Å². The number of nitrogens with one attached hydrogen (secondary N) is 3. The zero-order chi connectivity index (χ0) is 14.4. The van der Waals surface area contributed by atoms with Gasteiger partial charge in [0.1, 0.15) is 0 Å². The molecule has 0 aliphatic rings. The Morgan fingerprint density at radius 1 is 1.42 bits per heavy atom. The standard InChI is InChI=1S/C11H18BrN5OS/c1-4-13-11(19)15-14-9(18)5-6-17-8(3)10(12)7(2)16-17/h4-6H2,1-3H3,(H,14,18)(H2,13,15,19). The van der Waals surface area contributed by atoms with E-state index in [1.165, 1.54) is 0 Å². The van der Waals surface area contributed by atoms with Crippen molar-refractivity contribution in [2.24, 2.45) is 0 Å². The predicted octanol–water partition coefficient (Wildman–Crippen LogP) is 1.17. The monoisotopic (exact) mass is 347 g/mol. The first-order valence-electron chi connectivity index (χ1n) is 5.97. The molecule has 1 heterocycles. The minimum absolute atomic E-state index is 0.135. The summed E-state index contributed by atoms with van der Waals surface area (Å²) in [6, 6.07) is 0. The number of nitrogens with zero attached hydrogens (tertiary/aromatic N) is 2. The molecule has 0 saturated carbocycles. The highest BCUT2D eigenvalue weighted by Crippen LogP contribution is 2.19. The molecule has 6 nitrogen and oxygen atoms in total. The summed E-state index contributed by atoms with van der Waals surface area (Å²) in [5, 5.41) is 7.62. The molecule has 19 heavy (non-hydrogen) atoms. The Morgan fingerprint density at radius 2 is 2.11 bits per heavy atom. The Hall–Kier alpha value is -1.15. The Morgan fingerprint density at radius 3 is 2.63 bits per heavy atom. The van der Waals surface area contributed by atoms with Gasteiger partial charge < -0.3 is 5.32 Å². The molecule has 0 bridgehead atoms. The zero-order valence-electron chi connectivity index (χ0n) is 11.2. The van der Waals surface area contributed by atoms with Crippen molar-refractivity contribution < 1.29 is 4.79 Å². The second-order valence-electron chi connectivity index (χ2n) is 3.99. The number of carbonyl (C=O) groups is 1. The molecule has 1 rings (SSSR count). The molecule has 0 aromatic carbocycles. The van der Waals surface area contributed by atoms with Crippen LogP contribution in [0.2, 0.25) is 0 Å². The predicted molar refractivity (Wildman–Crippen MR) is 81.6 cm³/mol. The van der Waals surface area contributed by atoms with Crippen LogP contribution in [0.1, 0.15) is 24.7 Å². The van der Waals surface area contributed by atoms with Crippen LogP contribution in [-0.2, 0) is 11.3 Å². The lowest BCUT2D eigenvalue weighted by molar-refractivity contribution is -0.121. The fourth-order valence-electron chi connectivity index (χ4n) is 1.49. The van der Waals surface area contributed by atoms with Crippen LogP contribution in [0.25, 0.3) is 0 Å². The number of thiocarbonyl (C=S) groups is 1. The van der Waals surface area contributed by atoms with E-state index in [0.717, 1.165) is 15.9 Å². The maximum atomic E-state index is 11.6. The van der Waals surface area contributed by atoms with E-state index in [4.69, 9.17) is 12.2 Å². The first kappa shape index (κ1) is 15.9. The Balaban J connectivity index is 2.38. The first-order chi connectivity index (χ1) is 8.95. The maximum absolute atomic E-state index is 11.6. The van der Waals surface area contributed by atoms with Crippen molar-refractivity contribution in [2.45, 2.75) is 33.7 Å². The minimum atomic E-state index is -0.135. The van der Waals surface area contributed by atoms with Crippen LogP contribution in [0.15, 0.2) is 4.47 Å². The molecule has 0 aliphatic heterocycles. The summed E-state index contributed by atoms with van der Waals surface area (Å²) in [5.74, 6) is -0.135. The molecular formula is C11H18BrN5OS. The summed E-state index contributed by atoms with van der Waals surface area (Å²) in [6.45, 7) is 7.04. The van der Waals surface area contributed by atoms with Crippen molar-refractivity contribution in [1.29, 1.82) is 0 Å². The largest absolute Gasteiger partial charge is 0.362 e. The molecule has 0 saturated heterocycles. The second kappa shape index (κ2) is 7.44. The number of amides is 1. The molecule has 0 radical (unpaired) electrons. The van der Waals surface area contributed by atoms with Gasteiger partial charge in [0.25, 0.3) is 0 Å². The summed E-state index contributed by atoms with van der Waals surface area (Å²) in [4.78, 5) is 11.6. The number of hydrazine groups is 1. The van der Waals surface area contributed by atoms with Crippen LogP contribution in [0.5, 0.6) is 0 Å². The van der Waals surface area contributed by atoms with Gasteiger partial charge in [-0.2, -0.15) is 5.10 Å². The van der Waals surface area contributed by atoms with E-state index in [2.05, 4.69) is 37.2 Å². The summed E-state index contributed by atoms with van der Waals surface area (Å²) in [5.41, 5.74) is 7.10. The molecule has 0 atom stereocenters. The van der Waals surface area contributed by atoms with Gasteiger partial charge in [-0.1, -0.05) is 0 Å². The summed E-state index contributed by atoms with van der Waals surface area (Å²) in [6.07, 6.45) is 0.330. The smallest absolute Gasteiger partial charge is 0.240 e. The Labute approximate surface area is 126 Å². The molecule has 0 aliphatic carbocycles. The van der Waals surface area contributed by atoms with Crippen molar-refractivity contribution in [3.63, 3.8) is 0 Å². The van der Waals surface area contributed by atoms with Crippen molar-refractivity contribution in [2.75, 3.05) is 6.54 Å². The number of hydrogen-bond acceptors (Lipinski definition) is 3. The van der Waals surface area contributed by atoms with E-state index >= 15 is 0 Å². The van der Waals surface area contributed by atoms with E-state index in [-0.39, 0.29) is 5.91 Å². The lowest BCUT2D eigenvalue weighted by Crippen LogP contribution is -2.46. The van der Waals surface area contributed by atoms with Gasteiger partial charge in [-0.05, 0) is 48.9 Å². The zero-order valence-corrected chi connectivity index (χ0v) is 13.6. The lowest BCUT2D eigenvalue weighted by Gasteiger charge is -2.10. The van der Waals surface area contributed by atoms with E-state index in [1.54, 1.807) is 0 Å². The molecule has 106 valence electrons. The third-order valence-electron chi connectivity index (χ3n) is 2.50. The normalized spacial score (nSPS) is 10.1. The van der Waals surface area contributed by atoms with E-state index in [0.29, 0.717) is 24.6 Å². The van der Waals surface area contributed by atoms with Crippen LogP contribution >= 0.6 is 28.1 Å². The van der Waals surface area contributed by atoms with Gasteiger partial charge in [0.2, 0.25) is 5.91 Å². The lowest BCUT2D eigenvalue weighted by atomic mass is 10.4. The number of aromatic nitrogens is 2. The van der Waals surface area contributed by atoms with E-state index in [9.17, 15) is 4.79 Å². The number of rotatable bonds is 4. The van der Waals surface area contributed by atoms with Gasteiger partial charge in [-0.25, -0.2) is 0 Å². The number of carbonyl (C=O) groups excluding carboxylic acids is 1. The maximum Gasteiger partial charge on any atom is 0.240 e. The van der Waals surface area contributed by atoms with Gasteiger partial charge in [-0.3, -0.25) is 20.3 Å². The third kappa shape index (κ3) is 4.79. The van der Waals surface area contributed by atoms with E-state index < -0.39 is 0 Å². The Bertz CT molecular complexity index is 474. The number of aryl methyl sites for hydroxylation is 2. The highest BCUT2D eigenvalue weighted by Gasteiger charge is 2.10. The van der Waals surface area contributed by atoms with E-state index in [1.807, 2.05) is 25.5 Å². The molecule has 0 unspecified atom stereocenters. The van der Waals surface area contributed by atoms with Crippen molar-refractivity contribution in [3.05, 3.63) is 15.9 Å². The van der Waals surface area contributed by atoms with Gasteiger partial charge in [-0.15, -0.1) is 0 Å². The quantitative estimate of drug-likeness (QED) is 0.563. The number of halogens is 1. The molecule has 1 amide bonds. The molecule has 8 heteroatoms. The highest BCUT2D eigenvalue weighted by atomic mass is 79.9. The first-order valence-corrected chi connectivity index (χ1v) is 7.18. The fourth-order valence-corrected chi connectivity index (χ4v) is 1.97. The topological polar surface area (TPSA) is 71.0 Å². The Kier molecular flexibility index (Phi) is 6.23. The number of hydrogen-bond donors (Lipinski definition) is 3. The molecule has 3 N–H and O–H groups in total. The van der Waals surface area contributed by atoms with Gasteiger partial charge >= 0.3 is 0 Å². The van der Waals surface area contributed by atoms with Gasteiger partial charge in [0.15, 0.2) is 5.11 Å². The second-order valence-corrected chi connectivity index (χ2v) is 5.19. The summed E-state index contributed by atoms with van der Waals surface area (Å²) in [7, 11) is 0. The van der Waals surface area contributed by atoms with Gasteiger partial charge in [0, 0.05) is 18.7 Å². The average molecular weight is 348 g/mol. The van der Waals surface area contributed by atoms with Crippen LogP contribution in [-0.4, -0.2) is 27.3 Å². The molecule has 0 fully saturated rings. The highest BCUT2D eigenvalue weighted by molar-refractivity contribution is 9.10. The van der Waals surface area contributed by atoms with Crippen LogP contribution in [0, 0.1) is 13.8 Å². The average Bonchev–Trinajstić information content (AvgIpc) is 2.62. The van der Waals surface area contributed by atoms with Crippen molar-refractivity contribution in [1.82, 2.24) is 25.9 Å². The van der Waals surface area contributed by atoms with Gasteiger partial charge in [0.05, 0.1) is 16.7 Å². The van der Waals surface area contributed by atoms with Crippen molar-refractivity contribution >= 4 is 39.2 Å². The molecule has 0 spiro atoms. The third-order valence-corrected chi connectivity index (χ3v) is 3.89. The fraction of sp³-hybridized carbons (Fsp3) is 0.545. The molecule has 1 aromatic heterocycles. The van der Waals surface area contributed by atoms with Crippen LogP contribution < -0.4 is 16.2 Å². The minimum Gasteiger partial charge on any atom is -0.362 e. The van der Waals surface area contributed by atoms with Crippen molar-refractivity contribution in [3.8, 4) is 0 Å². The molecule has 1 aromatic rings. The van der Waals surface area contributed by atoms with Crippen LogP contribution in [0.3, 0.4) is 0 Å². The molecular weight excluding hydrogens is 330 g/mol. The summed E-state index contributed by atoms with van der Waals surface area (Å²) < 4.78 is 2.79.